The van der Waals surface area contributed by atoms with Crippen molar-refractivity contribution in [2.75, 3.05) is 18.4 Å². The van der Waals surface area contributed by atoms with Crippen LogP contribution in [0.15, 0.2) is 24.3 Å². The Morgan fingerprint density at radius 3 is 2.30 bits per heavy atom. The van der Waals surface area contributed by atoms with E-state index in [-0.39, 0.29) is 11.3 Å². The van der Waals surface area contributed by atoms with E-state index in [4.69, 9.17) is 0 Å². The molecule has 3 heteroatoms. The number of hydrogen-bond donors (Lipinski definition) is 2. The first-order valence-corrected chi connectivity index (χ1v) is 7.58. The summed E-state index contributed by atoms with van der Waals surface area (Å²) in [5.41, 5.74) is 1.92. The molecule has 1 saturated heterocycles. The Morgan fingerprint density at radius 2 is 1.85 bits per heavy atom. The molecule has 0 spiro atoms. The molecule has 110 valence electrons. The zero-order valence-electron chi connectivity index (χ0n) is 13.0. The van der Waals surface area contributed by atoms with E-state index >= 15 is 0 Å². The molecule has 1 aromatic rings. The minimum absolute atomic E-state index is 0.148. The van der Waals surface area contributed by atoms with Gasteiger partial charge in [0.25, 0.3) is 0 Å². The Labute approximate surface area is 122 Å². The van der Waals surface area contributed by atoms with Gasteiger partial charge in [0, 0.05) is 12.2 Å². The lowest BCUT2D eigenvalue weighted by atomic mass is 9.75. The highest BCUT2D eigenvalue weighted by Gasteiger charge is 2.43. The van der Waals surface area contributed by atoms with Crippen molar-refractivity contribution >= 4 is 11.6 Å². The van der Waals surface area contributed by atoms with Crippen LogP contribution < -0.4 is 10.6 Å². The monoisotopic (exact) mass is 274 g/mol. The highest BCUT2D eigenvalue weighted by atomic mass is 16.2. The number of rotatable bonds is 4. The van der Waals surface area contributed by atoms with E-state index < -0.39 is 0 Å². The molecule has 1 atom stereocenters. The summed E-state index contributed by atoms with van der Waals surface area (Å²) in [7, 11) is 0. The Kier molecular flexibility index (Phi) is 4.48. The molecule has 1 aliphatic rings. The zero-order valence-corrected chi connectivity index (χ0v) is 13.0. The SMILES string of the molecule is CC(C)c1ccc(NC(=O)C2(C(C)C)CCNC2)cc1. The largest absolute Gasteiger partial charge is 0.326 e. The van der Waals surface area contributed by atoms with Gasteiger partial charge in [0.2, 0.25) is 5.91 Å². The molecule has 2 N–H and O–H groups in total. The van der Waals surface area contributed by atoms with Crippen LogP contribution in [0.4, 0.5) is 5.69 Å². The van der Waals surface area contributed by atoms with Crippen molar-refractivity contribution in [1.29, 1.82) is 0 Å². The van der Waals surface area contributed by atoms with Crippen molar-refractivity contribution in [3.05, 3.63) is 29.8 Å². The van der Waals surface area contributed by atoms with Crippen LogP contribution >= 0.6 is 0 Å². The zero-order chi connectivity index (χ0) is 14.8. The fourth-order valence-electron chi connectivity index (χ4n) is 2.87. The van der Waals surface area contributed by atoms with Gasteiger partial charge < -0.3 is 10.6 Å². The first-order chi connectivity index (χ1) is 9.45. The predicted molar refractivity (Wildman–Crippen MR) is 83.9 cm³/mol. The number of amides is 1. The molecule has 0 radical (unpaired) electrons. The van der Waals surface area contributed by atoms with Gasteiger partial charge in [-0.1, -0.05) is 39.8 Å². The van der Waals surface area contributed by atoms with Crippen molar-refractivity contribution in [3.63, 3.8) is 0 Å². The maximum absolute atomic E-state index is 12.6. The van der Waals surface area contributed by atoms with E-state index in [0.29, 0.717) is 11.8 Å². The average molecular weight is 274 g/mol. The minimum Gasteiger partial charge on any atom is -0.326 e. The standard InChI is InChI=1S/C17H26N2O/c1-12(2)14-5-7-15(8-6-14)19-16(20)17(13(3)4)9-10-18-11-17/h5-8,12-13,18H,9-11H2,1-4H3,(H,19,20). The fraction of sp³-hybridized carbons (Fsp3) is 0.588. The molecule has 2 rings (SSSR count). The van der Waals surface area contributed by atoms with Crippen LogP contribution in [-0.2, 0) is 4.79 Å². The molecule has 1 aliphatic heterocycles. The van der Waals surface area contributed by atoms with Gasteiger partial charge in [0.1, 0.15) is 0 Å². The number of carbonyl (C=O) groups excluding carboxylic acids is 1. The molecule has 1 fully saturated rings. The molecule has 0 saturated carbocycles. The summed E-state index contributed by atoms with van der Waals surface area (Å²) in [6, 6.07) is 8.19. The number of nitrogens with one attached hydrogen (secondary N) is 2. The third-order valence-corrected chi connectivity index (χ3v) is 4.58. The van der Waals surface area contributed by atoms with Gasteiger partial charge in [-0.3, -0.25) is 4.79 Å². The molecular formula is C17H26N2O. The Balaban J connectivity index is 2.10. The normalized spacial score (nSPS) is 22.5. The van der Waals surface area contributed by atoms with E-state index in [1.165, 1.54) is 5.56 Å². The van der Waals surface area contributed by atoms with Crippen LogP contribution in [0.2, 0.25) is 0 Å². The molecule has 0 bridgehead atoms. The third-order valence-electron chi connectivity index (χ3n) is 4.58. The van der Waals surface area contributed by atoms with Crippen LogP contribution in [0.5, 0.6) is 0 Å². The van der Waals surface area contributed by atoms with Crippen LogP contribution in [-0.4, -0.2) is 19.0 Å². The molecule has 0 aliphatic carbocycles. The lowest BCUT2D eigenvalue weighted by Gasteiger charge is -2.31. The summed E-state index contributed by atoms with van der Waals surface area (Å²) < 4.78 is 0. The second-order valence-corrected chi connectivity index (χ2v) is 6.47. The number of carbonyl (C=O) groups is 1. The quantitative estimate of drug-likeness (QED) is 0.883. The average Bonchev–Trinajstić information content (AvgIpc) is 2.90. The molecule has 1 heterocycles. The smallest absolute Gasteiger partial charge is 0.232 e. The molecule has 1 aromatic carbocycles. The van der Waals surface area contributed by atoms with E-state index in [9.17, 15) is 4.79 Å². The van der Waals surface area contributed by atoms with Gasteiger partial charge in [-0.15, -0.1) is 0 Å². The van der Waals surface area contributed by atoms with Crippen molar-refractivity contribution in [1.82, 2.24) is 5.32 Å². The van der Waals surface area contributed by atoms with E-state index in [2.05, 4.69) is 50.5 Å². The van der Waals surface area contributed by atoms with Crippen LogP contribution in [0.25, 0.3) is 0 Å². The molecule has 3 nitrogen and oxygen atoms in total. The molecule has 0 aromatic heterocycles. The number of hydrogen-bond acceptors (Lipinski definition) is 2. The Morgan fingerprint density at radius 1 is 1.20 bits per heavy atom. The van der Waals surface area contributed by atoms with Gasteiger partial charge in [-0.2, -0.15) is 0 Å². The van der Waals surface area contributed by atoms with Gasteiger partial charge in [-0.25, -0.2) is 0 Å². The summed E-state index contributed by atoms with van der Waals surface area (Å²) in [4.78, 5) is 12.6. The van der Waals surface area contributed by atoms with Crippen molar-refractivity contribution < 1.29 is 4.79 Å². The van der Waals surface area contributed by atoms with E-state index in [1.807, 2.05) is 12.1 Å². The maximum atomic E-state index is 12.6. The summed E-state index contributed by atoms with van der Waals surface area (Å²) in [5, 5.41) is 6.42. The predicted octanol–water partition coefficient (Wildman–Crippen LogP) is 3.38. The summed E-state index contributed by atoms with van der Waals surface area (Å²) in [6.45, 7) is 10.3. The topological polar surface area (TPSA) is 41.1 Å². The van der Waals surface area contributed by atoms with Gasteiger partial charge in [0.15, 0.2) is 0 Å². The maximum Gasteiger partial charge on any atom is 0.232 e. The van der Waals surface area contributed by atoms with E-state index in [1.54, 1.807) is 0 Å². The highest BCUT2D eigenvalue weighted by Crippen LogP contribution is 2.35. The summed E-state index contributed by atoms with van der Waals surface area (Å²) in [5.74, 6) is 1.00. The van der Waals surface area contributed by atoms with E-state index in [0.717, 1.165) is 25.2 Å². The molecule has 20 heavy (non-hydrogen) atoms. The minimum atomic E-state index is -0.267. The van der Waals surface area contributed by atoms with Crippen molar-refractivity contribution in [2.45, 2.75) is 40.0 Å². The highest BCUT2D eigenvalue weighted by molar-refractivity contribution is 5.96. The first kappa shape index (κ1) is 15.0. The number of anilines is 1. The van der Waals surface area contributed by atoms with Gasteiger partial charge >= 0.3 is 0 Å². The second kappa shape index (κ2) is 5.96. The molecule has 1 amide bonds. The lowest BCUT2D eigenvalue weighted by molar-refractivity contribution is -0.126. The fourth-order valence-corrected chi connectivity index (χ4v) is 2.87. The Bertz CT molecular complexity index is 456. The third kappa shape index (κ3) is 2.88. The summed E-state index contributed by atoms with van der Waals surface area (Å²) >= 11 is 0. The van der Waals surface area contributed by atoms with Crippen molar-refractivity contribution in [3.8, 4) is 0 Å². The van der Waals surface area contributed by atoms with Crippen LogP contribution in [0, 0.1) is 11.3 Å². The van der Waals surface area contributed by atoms with Crippen LogP contribution in [0.1, 0.15) is 45.6 Å². The lowest BCUT2D eigenvalue weighted by Crippen LogP contribution is -2.42. The van der Waals surface area contributed by atoms with Gasteiger partial charge in [0.05, 0.1) is 5.41 Å². The van der Waals surface area contributed by atoms with Crippen molar-refractivity contribution in [2.24, 2.45) is 11.3 Å². The van der Waals surface area contributed by atoms with Gasteiger partial charge in [-0.05, 0) is 42.5 Å². The number of benzene rings is 1. The molecule has 1 unspecified atom stereocenters. The summed E-state index contributed by atoms with van der Waals surface area (Å²) in [6.07, 6.45) is 0.917. The van der Waals surface area contributed by atoms with Crippen LogP contribution in [0.3, 0.4) is 0 Å². The second-order valence-electron chi connectivity index (χ2n) is 6.47. The first-order valence-electron chi connectivity index (χ1n) is 7.58. The Hall–Kier alpha value is -1.35. The molecular weight excluding hydrogens is 248 g/mol.